The molecule has 1 nitrogen and oxygen atoms in total. The second kappa shape index (κ2) is 3.46. The Hall–Kier alpha value is -0.530. The summed E-state index contributed by atoms with van der Waals surface area (Å²) < 4.78 is 0.822. The first-order chi connectivity index (χ1) is 5.55. The predicted molar refractivity (Wildman–Crippen MR) is 55.6 cm³/mol. The Morgan fingerprint density at radius 1 is 1.17 bits per heavy atom. The molecule has 12 heavy (non-hydrogen) atoms. The highest BCUT2D eigenvalue weighted by Gasteiger charge is 2.15. The summed E-state index contributed by atoms with van der Waals surface area (Å²) in [5.74, 6) is 0.589. The number of benzene rings is 1. The zero-order valence-electron chi connectivity index (χ0n) is 7.84. The molecule has 0 fully saturated rings. The van der Waals surface area contributed by atoms with E-state index in [1.807, 2.05) is 6.07 Å². The van der Waals surface area contributed by atoms with Crippen LogP contribution in [0.1, 0.15) is 5.56 Å². The molecule has 0 N–H and O–H groups in total. The first-order valence-corrected chi connectivity index (χ1v) is 4.55. The predicted octanol–water partition coefficient (Wildman–Crippen LogP) is 2.62. The van der Waals surface area contributed by atoms with E-state index in [1.54, 1.807) is 0 Å². The zero-order chi connectivity index (χ0) is 9.19. The van der Waals surface area contributed by atoms with Crippen LogP contribution < -0.4 is 4.48 Å². The highest BCUT2D eigenvalue weighted by atomic mass is 35.5. The van der Waals surface area contributed by atoms with Crippen LogP contribution in [-0.2, 0) is 5.88 Å². The number of alkyl halides is 1. The Morgan fingerprint density at radius 3 is 2.17 bits per heavy atom. The minimum absolute atomic E-state index is 0.589. The largest absolute Gasteiger partial charge is 0.298 e. The molecular weight excluding hydrogens is 170 g/mol. The number of para-hydroxylation sites is 1. The van der Waals surface area contributed by atoms with Gasteiger partial charge in [0.2, 0.25) is 0 Å². The van der Waals surface area contributed by atoms with Crippen molar-refractivity contribution in [3.63, 3.8) is 0 Å². The van der Waals surface area contributed by atoms with Crippen LogP contribution in [0.2, 0.25) is 0 Å². The second-order valence-corrected chi connectivity index (χ2v) is 4.04. The van der Waals surface area contributed by atoms with Crippen LogP contribution in [0.25, 0.3) is 0 Å². The van der Waals surface area contributed by atoms with E-state index in [-0.39, 0.29) is 0 Å². The van der Waals surface area contributed by atoms with Crippen molar-refractivity contribution in [2.24, 2.45) is 0 Å². The van der Waals surface area contributed by atoms with Gasteiger partial charge in [-0.2, -0.15) is 0 Å². The Kier molecular flexibility index (Phi) is 2.76. The van der Waals surface area contributed by atoms with E-state index in [2.05, 4.69) is 39.3 Å². The topological polar surface area (TPSA) is 0 Å². The standard InChI is InChI=1S/C10H15ClN/c1-12(2,3)10-7-5-4-6-9(10)8-11/h4-7H,8H2,1-3H3/q+1. The van der Waals surface area contributed by atoms with Crippen molar-refractivity contribution in [2.75, 3.05) is 21.1 Å². The quantitative estimate of drug-likeness (QED) is 0.490. The molecule has 0 aliphatic carbocycles. The lowest BCUT2D eigenvalue weighted by Crippen LogP contribution is -2.35. The van der Waals surface area contributed by atoms with Crippen molar-refractivity contribution in [3.05, 3.63) is 29.8 Å². The molecule has 0 radical (unpaired) electrons. The maximum absolute atomic E-state index is 5.83. The van der Waals surface area contributed by atoms with Gasteiger partial charge in [0.15, 0.2) is 0 Å². The summed E-state index contributed by atoms with van der Waals surface area (Å²) in [6, 6.07) is 8.27. The number of quaternary nitrogens is 1. The lowest BCUT2D eigenvalue weighted by atomic mass is 10.2. The first-order valence-electron chi connectivity index (χ1n) is 4.01. The fourth-order valence-electron chi connectivity index (χ4n) is 1.28. The molecule has 0 amide bonds. The molecule has 0 saturated carbocycles. The normalized spacial score (nSPS) is 11.7. The van der Waals surface area contributed by atoms with Crippen LogP contribution in [0.3, 0.4) is 0 Å². The van der Waals surface area contributed by atoms with E-state index in [4.69, 9.17) is 11.6 Å². The van der Waals surface area contributed by atoms with Gasteiger partial charge >= 0.3 is 0 Å². The van der Waals surface area contributed by atoms with Crippen LogP contribution in [0.4, 0.5) is 5.69 Å². The second-order valence-electron chi connectivity index (χ2n) is 3.77. The molecule has 0 bridgehead atoms. The SMILES string of the molecule is C[N+](C)(C)c1ccccc1CCl. The highest BCUT2D eigenvalue weighted by molar-refractivity contribution is 6.17. The van der Waals surface area contributed by atoms with Gasteiger partial charge in [0.25, 0.3) is 0 Å². The summed E-state index contributed by atoms with van der Waals surface area (Å²) in [6.45, 7) is 0. The Balaban J connectivity index is 3.14. The third-order valence-corrected chi connectivity index (χ3v) is 2.15. The van der Waals surface area contributed by atoms with Gasteiger partial charge in [-0.1, -0.05) is 18.2 Å². The van der Waals surface area contributed by atoms with Crippen molar-refractivity contribution < 1.29 is 0 Å². The smallest absolute Gasteiger partial charge is 0.136 e. The van der Waals surface area contributed by atoms with Crippen LogP contribution >= 0.6 is 11.6 Å². The Bertz CT molecular complexity index is 263. The molecule has 2 heteroatoms. The minimum atomic E-state index is 0.589. The van der Waals surface area contributed by atoms with Crippen molar-refractivity contribution in [1.82, 2.24) is 4.48 Å². The van der Waals surface area contributed by atoms with Gasteiger partial charge in [-0.3, -0.25) is 4.48 Å². The van der Waals surface area contributed by atoms with Crippen LogP contribution in [0.5, 0.6) is 0 Å². The lowest BCUT2D eigenvalue weighted by molar-refractivity contribution is 0.483. The number of halogens is 1. The van der Waals surface area contributed by atoms with E-state index in [1.165, 1.54) is 11.3 Å². The average Bonchev–Trinajstić information content (AvgIpc) is 2.03. The number of hydrogen-bond donors (Lipinski definition) is 0. The summed E-state index contributed by atoms with van der Waals surface area (Å²) in [7, 11) is 6.43. The Labute approximate surface area is 79.2 Å². The molecule has 0 unspecified atom stereocenters. The van der Waals surface area contributed by atoms with Gasteiger partial charge in [-0.05, 0) is 6.07 Å². The molecule has 0 saturated heterocycles. The third-order valence-electron chi connectivity index (χ3n) is 1.86. The number of hydrogen-bond acceptors (Lipinski definition) is 0. The van der Waals surface area contributed by atoms with Crippen LogP contribution in [-0.4, -0.2) is 21.1 Å². The first kappa shape index (κ1) is 9.56. The average molecular weight is 185 g/mol. The van der Waals surface area contributed by atoms with Crippen molar-refractivity contribution >= 4 is 17.3 Å². The van der Waals surface area contributed by atoms with Gasteiger partial charge in [0.05, 0.1) is 27.0 Å². The van der Waals surface area contributed by atoms with E-state index < -0.39 is 0 Å². The molecule has 0 aliphatic rings. The van der Waals surface area contributed by atoms with Gasteiger partial charge in [-0.15, -0.1) is 11.6 Å². The van der Waals surface area contributed by atoms with Gasteiger partial charge in [0.1, 0.15) is 5.69 Å². The summed E-state index contributed by atoms with van der Waals surface area (Å²) >= 11 is 5.83. The fraction of sp³-hybridized carbons (Fsp3) is 0.400. The van der Waals surface area contributed by atoms with Gasteiger partial charge < -0.3 is 0 Å². The molecule has 0 heterocycles. The monoisotopic (exact) mass is 184 g/mol. The molecule has 1 aromatic carbocycles. The zero-order valence-corrected chi connectivity index (χ0v) is 8.60. The van der Waals surface area contributed by atoms with E-state index in [9.17, 15) is 0 Å². The number of nitrogens with zero attached hydrogens (tertiary/aromatic N) is 1. The molecule has 1 rings (SSSR count). The van der Waals surface area contributed by atoms with E-state index in [0.717, 1.165) is 4.48 Å². The molecule has 0 aromatic heterocycles. The molecular formula is C10H15ClN+. The summed E-state index contributed by atoms with van der Waals surface area (Å²) in [4.78, 5) is 0. The summed E-state index contributed by atoms with van der Waals surface area (Å²) in [5, 5.41) is 0. The fourth-order valence-corrected chi connectivity index (χ4v) is 1.50. The third kappa shape index (κ3) is 1.99. The van der Waals surface area contributed by atoms with Crippen LogP contribution in [0.15, 0.2) is 24.3 Å². The van der Waals surface area contributed by atoms with Crippen molar-refractivity contribution in [1.29, 1.82) is 0 Å². The van der Waals surface area contributed by atoms with Gasteiger partial charge in [0, 0.05) is 5.56 Å². The minimum Gasteiger partial charge on any atom is -0.298 e. The molecule has 0 spiro atoms. The molecule has 1 aromatic rings. The van der Waals surface area contributed by atoms with E-state index >= 15 is 0 Å². The number of rotatable bonds is 2. The van der Waals surface area contributed by atoms with Crippen molar-refractivity contribution in [2.45, 2.75) is 5.88 Å². The molecule has 66 valence electrons. The van der Waals surface area contributed by atoms with Gasteiger partial charge in [-0.25, -0.2) is 0 Å². The maximum atomic E-state index is 5.83. The maximum Gasteiger partial charge on any atom is 0.136 e. The molecule has 0 atom stereocenters. The summed E-state index contributed by atoms with van der Waals surface area (Å²) in [6.07, 6.45) is 0. The highest BCUT2D eigenvalue weighted by Crippen LogP contribution is 2.23. The van der Waals surface area contributed by atoms with Crippen LogP contribution in [0, 0.1) is 0 Å². The molecule has 0 aliphatic heterocycles. The lowest BCUT2D eigenvalue weighted by Gasteiger charge is -2.25. The van der Waals surface area contributed by atoms with E-state index in [0.29, 0.717) is 5.88 Å². The summed E-state index contributed by atoms with van der Waals surface area (Å²) in [5.41, 5.74) is 2.50. The Morgan fingerprint density at radius 2 is 1.75 bits per heavy atom. The van der Waals surface area contributed by atoms with Crippen molar-refractivity contribution in [3.8, 4) is 0 Å².